The summed E-state index contributed by atoms with van der Waals surface area (Å²) in [7, 11) is 0. The van der Waals surface area contributed by atoms with Crippen molar-refractivity contribution in [2.24, 2.45) is 5.73 Å². The summed E-state index contributed by atoms with van der Waals surface area (Å²) < 4.78 is 0. The average Bonchev–Trinajstić information content (AvgIpc) is 2.55. The first-order valence-electron chi connectivity index (χ1n) is 6.66. The highest BCUT2D eigenvalue weighted by atomic mass is 32.1. The van der Waals surface area contributed by atoms with E-state index in [9.17, 15) is 0 Å². The number of hydrogen-bond acceptors (Lipinski definition) is 3. The molecule has 1 aromatic heterocycles. The molecule has 1 aliphatic heterocycles. The van der Waals surface area contributed by atoms with Crippen LogP contribution >= 0.6 is 12.2 Å². The van der Waals surface area contributed by atoms with Gasteiger partial charge >= 0.3 is 0 Å². The molecule has 2 heterocycles. The third kappa shape index (κ3) is 3.27. The Labute approximate surface area is 114 Å². The van der Waals surface area contributed by atoms with Gasteiger partial charge < -0.3 is 5.73 Å². The molecule has 1 unspecified atom stereocenters. The molecule has 1 aliphatic rings. The molecule has 0 aliphatic carbocycles. The highest BCUT2D eigenvalue weighted by Gasteiger charge is 2.18. The van der Waals surface area contributed by atoms with Crippen LogP contribution < -0.4 is 5.73 Å². The molecule has 18 heavy (non-hydrogen) atoms. The first-order chi connectivity index (χ1) is 8.68. The second-order valence-electron chi connectivity index (χ2n) is 5.04. The molecule has 0 amide bonds. The lowest BCUT2D eigenvalue weighted by atomic mass is 10.1. The van der Waals surface area contributed by atoms with Crippen molar-refractivity contribution >= 4 is 17.2 Å². The van der Waals surface area contributed by atoms with Crippen molar-refractivity contribution in [2.45, 2.75) is 45.2 Å². The van der Waals surface area contributed by atoms with E-state index < -0.39 is 0 Å². The van der Waals surface area contributed by atoms with Crippen LogP contribution in [-0.4, -0.2) is 27.5 Å². The standard InChI is InChI=1S/C14H21N3S/c1-11-6-3-2-4-9-17(11)10-12-7-5-8-16-13(12)14(15)18/h5,7-8,11H,2-4,6,9-10H2,1H3,(H2,15,18). The van der Waals surface area contributed by atoms with Crippen molar-refractivity contribution in [1.29, 1.82) is 0 Å². The van der Waals surface area contributed by atoms with E-state index in [1.165, 1.54) is 25.7 Å². The van der Waals surface area contributed by atoms with Crippen LogP contribution in [0.25, 0.3) is 0 Å². The third-order valence-electron chi connectivity index (χ3n) is 3.69. The monoisotopic (exact) mass is 263 g/mol. The molecule has 4 heteroatoms. The molecule has 0 aromatic carbocycles. The van der Waals surface area contributed by atoms with E-state index >= 15 is 0 Å². The Morgan fingerprint density at radius 2 is 2.33 bits per heavy atom. The van der Waals surface area contributed by atoms with E-state index in [-0.39, 0.29) is 0 Å². The normalized spacial score (nSPS) is 21.5. The topological polar surface area (TPSA) is 42.2 Å². The highest BCUT2D eigenvalue weighted by Crippen LogP contribution is 2.19. The average molecular weight is 263 g/mol. The molecule has 1 saturated heterocycles. The molecule has 2 N–H and O–H groups in total. The van der Waals surface area contributed by atoms with Crippen molar-refractivity contribution in [2.75, 3.05) is 6.54 Å². The van der Waals surface area contributed by atoms with Gasteiger partial charge in [-0.05, 0) is 37.9 Å². The van der Waals surface area contributed by atoms with Gasteiger partial charge in [-0.2, -0.15) is 0 Å². The summed E-state index contributed by atoms with van der Waals surface area (Å²) in [5.41, 5.74) is 7.67. The fourth-order valence-corrected chi connectivity index (χ4v) is 2.76. The highest BCUT2D eigenvalue weighted by molar-refractivity contribution is 7.80. The van der Waals surface area contributed by atoms with Crippen LogP contribution in [0.1, 0.15) is 43.9 Å². The number of hydrogen-bond donors (Lipinski definition) is 1. The van der Waals surface area contributed by atoms with Gasteiger partial charge in [0.25, 0.3) is 0 Å². The Kier molecular flexibility index (Phi) is 4.66. The fraction of sp³-hybridized carbons (Fsp3) is 0.571. The summed E-state index contributed by atoms with van der Waals surface area (Å²) in [5.74, 6) is 0. The van der Waals surface area contributed by atoms with E-state index in [0.29, 0.717) is 11.0 Å². The van der Waals surface area contributed by atoms with Crippen molar-refractivity contribution in [3.05, 3.63) is 29.6 Å². The van der Waals surface area contributed by atoms with Crippen LogP contribution in [0.3, 0.4) is 0 Å². The van der Waals surface area contributed by atoms with Crippen molar-refractivity contribution in [3.63, 3.8) is 0 Å². The fourth-order valence-electron chi connectivity index (χ4n) is 2.58. The predicted octanol–water partition coefficient (Wildman–Crippen LogP) is 2.48. The van der Waals surface area contributed by atoms with Crippen LogP contribution in [0.5, 0.6) is 0 Å². The number of aromatic nitrogens is 1. The van der Waals surface area contributed by atoms with Gasteiger partial charge in [-0.15, -0.1) is 0 Å². The lowest BCUT2D eigenvalue weighted by molar-refractivity contribution is 0.204. The summed E-state index contributed by atoms with van der Waals surface area (Å²) in [5, 5.41) is 0. The quantitative estimate of drug-likeness (QED) is 0.851. The van der Waals surface area contributed by atoms with E-state index in [0.717, 1.165) is 24.3 Å². The number of nitrogens with two attached hydrogens (primary N) is 1. The van der Waals surface area contributed by atoms with Crippen LogP contribution in [0.2, 0.25) is 0 Å². The van der Waals surface area contributed by atoms with Crippen LogP contribution in [0, 0.1) is 0 Å². The molecule has 2 rings (SSSR count). The first kappa shape index (κ1) is 13.4. The Morgan fingerprint density at radius 3 is 3.11 bits per heavy atom. The number of rotatable bonds is 3. The first-order valence-corrected chi connectivity index (χ1v) is 7.07. The second kappa shape index (κ2) is 6.25. The maximum Gasteiger partial charge on any atom is 0.123 e. The van der Waals surface area contributed by atoms with Gasteiger partial charge in [-0.1, -0.05) is 31.1 Å². The lowest BCUT2D eigenvalue weighted by Gasteiger charge is -2.27. The predicted molar refractivity (Wildman–Crippen MR) is 78.5 cm³/mol. The van der Waals surface area contributed by atoms with Gasteiger partial charge in [0.1, 0.15) is 10.7 Å². The van der Waals surface area contributed by atoms with E-state index in [1.807, 2.05) is 6.07 Å². The number of pyridine rings is 1. The SMILES string of the molecule is CC1CCCCCN1Cc1cccnc1C(N)=S. The Balaban J connectivity index is 2.14. The summed E-state index contributed by atoms with van der Waals surface area (Å²) in [6, 6.07) is 4.67. The molecule has 98 valence electrons. The minimum Gasteiger partial charge on any atom is -0.388 e. The zero-order valence-corrected chi connectivity index (χ0v) is 11.7. The van der Waals surface area contributed by atoms with Gasteiger partial charge in [0.05, 0.1) is 0 Å². The Bertz CT molecular complexity index is 419. The van der Waals surface area contributed by atoms with Crippen molar-refractivity contribution < 1.29 is 0 Å². The number of nitrogens with zero attached hydrogens (tertiary/aromatic N) is 2. The summed E-state index contributed by atoms with van der Waals surface area (Å²) in [4.78, 5) is 7.22. The zero-order chi connectivity index (χ0) is 13.0. The second-order valence-corrected chi connectivity index (χ2v) is 5.48. The Hall–Kier alpha value is -1.00. The Morgan fingerprint density at radius 1 is 1.50 bits per heavy atom. The minimum atomic E-state index is 0.396. The molecule has 3 nitrogen and oxygen atoms in total. The number of likely N-dealkylation sites (tertiary alicyclic amines) is 1. The molecule has 0 bridgehead atoms. The van der Waals surface area contributed by atoms with E-state index in [4.69, 9.17) is 18.0 Å². The summed E-state index contributed by atoms with van der Waals surface area (Å²) in [6.07, 6.45) is 7.00. The number of thiocarbonyl (C=S) groups is 1. The minimum absolute atomic E-state index is 0.396. The zero-order valence-electron chi connectivity index (χ0n) is 10.9. The molecule has 1 fully saturated rings. The van der Waals surface area contributed by atoms with Crippen LogP contribution in [0.4, 0.5) is 0 Å². The van der Waals surface area contributed by atoms with Gasteiger partial charge in [-0.25, -0.2) is 0 Å². The molecular formula is C14H21N3S. The molecule has 0 radical (unpaired) electrons. The smallest absolute Gasteiger partial charge is 0.123 e. The van der Waals surface area contributed by atoms with Gasteiger partial charge in [0.15, 0.2) is 0 Å². The third-order valence-corrected chi connectivity index (χ3v) is 3.88. The molecule has 1 aromatic rings. The van der Waals surface area contributed by atoms with Crippen molar-refractivity contribution in [3.8, 4) is 0 Å². The maximum atomic E-state index is 5.74. The molecule has 0 spiro atoms. The van der Waals surface area contributed by atoms with Crippen molar-refractivity contribution in [1.82, 2.24) is 9.88 Å². The lowest BCUT2D eigenvalue weighted by Crippen LogP contribution is -2.33. The van der Waals surface area contributed by atoms with Gasteiger partial charge in [0.2, 0.25) is 0 Å². The molecule has 0 saturated carbocycles. The van der Waals surface area contributed by atoms with E-state index in [1.54, 1.807) is 6.20 Å². The largest absolute Gasteiger partial charge is 0.388 e. The summed E-state index contributed by atoms with van der Waals surface area (Å²) in [6.45, 7) is 4.37. The van der Waals surface area contributed by atoms with Gasteiger partial charge in [-0.3, -0.25) is 9.88 Å². The van der Waals surface area contributed by atoms with Gasteiger partial charge in [0, 0.05) is 18.8 Å². The molecular weight excluding hydrogens is 242 g/mol. The van der Waals surface area contributed by atoms with Crippen LogP contribution in [-0.2, 0) is 6.54 Å². The molecule has 1 atom stereocenters. The summed E-state index contributed by atoms with van der Waals surface area (Å²) >= 11 is 5.07. The van der Waals surface area contributed by atoms with Crippen LogP contribution in [0.15, 0.2) is 18.3 Å². The maximum absolute atomic E-state index is 5.74. The van der Waals surface area contributed by atoms with E-state index in [2.05, 4.69) is 22.9 Å².